The van der Waals surface area contributed by atoms with Crippen molar-refractivity contribution in [3.63, 3.8) is 0 Å². The predicted octanol–water partition coefficient (Wildman–Crippen LogP) is 2.52. The minimum absolute atomic E-state index is 0.196. The maximum atomic E-state index is 12.7. The van der Waals surface area contributed by atoms with Gasteiger partial charge in [-0.25, -0.2) is 4.98 Å². The molecule has 0 aliphatic heterocycles. The van der Waals surface area contributed by atoms with Crippen molar-refractivity contribution >= 4 is 34.0 Å². The fourth-order valence-electron chi connectivity index (χ4n) is 1.52. The molecule has 0 atom stereocenters. The van der Waals surface area contributed by atoms with Gasteiger partial charge in [-0.1, -0.05) is 0 Å². The van der Waals surface area contributed by atoms with E-state index in [9.17, 15) is 22.8 Å². The van der Waals surface area contributed by atoms with Crippen LogP contribution < -0.4 is 5.56 Å². The van der Waals surface area contributed by atoms with E-state index in [2.05, 4.69) is 4.98 Å². The summed E-state index contributed by atoms with van der Waals surface area (Å²) in [5.41, 5.74) is -2.06. The molecule has 0 radical (unpaired) electrons. The third kappa shape index (κ3) is 2.48. The molecule has 0 unspecified atom stereocenters. The number of carbonyl (C=O) groups excluding carboxylic acids is 1. The van der Waals surface area contributed by atoms with E-state index in [0.29, 0.717) is 0 Å². The smallest absolute Gasteiger partial charge is 0.295 e. The molecule has 0 aromatic carbocycles. The Morgan fingerprint density at radius 1 is 1.42 bits per heavy atom. The summed E-state index contributed by atoms with van der Waals surface area (Å²) in [4.78, 5) is 26.4. The number of hydrogen-bond acceptors (Lipinski definition) is 3. The van der Waals surface area contributed by atoms with Gasteiger partial charge in [0.25, 0.3) is 5.56 Å². The molecule has 2 aromatic heterocycles. The molecule has 0 fully saturated rings. The molecule has 19 heavy (non-hydrogen) atoms. The monoisotopic (exact) mass is 382 g/mol. The lowest BCUT2D eigenvalue weighted by Crippen LogP contribution is -2.25. The summed E-state index contributed by atoms with van der Waals surface area (Å²) in [5.74, 6) is -0.316. The van der Waals surface area contributed by atoms with Gasteiger partial charge < -0.3 is 0 Å². The molecule has 2 aromatic rings. The molecule has 0 aliphatic carbocycles. The second-order valence-electron chi connectivity index (χ2n) is 3.78. The number of halogens is 4. The predicted molar refractivity (Wildman–Crippen MR) is 69.2 cm³/mol. The molecule has 0 N–H and O–H groups in total. The van der Waals surface area contributed by atoms with Crippen LogP contribution in [0.4, 0.5) is 13.2 Å². The molecule has 4 nitrogen and oxygen atoms in total. The van der Waals surface area contributed by atoms with Gasteiger partial charge in [-0.3, -0.25) is 14.0 Å². The highest BCUT2D eigenvalue weighted by Gasteiger charge is 2.36. The second-order valence-corrected chi connectivity index (χ2v) is 4.86. The van der Waals surface area contributed by atoms with Gasteiger partial charge in [0, 0.05) is 11.8 Å². The first-order valence-corrected chi connectivity index (χ1v) is 6.09. The zero-order valence-corrected chi connectivity index (χ0v) is 11.6. The van der Waals surface area contributed by atoms with Crippen LogP contribution in [0.2, 0.25) is 0 Å². The van der Waals surface area contributed by atoms with Crippen LogP contribution in [0.3, 0.4) is 0 Å². The first-order valence-electron chi connectivity index (χ1n) is 5.02. The van der Waals surface area contributed by atoms with E-state index in [0.717, 1.165) is 10.5 Å². The summed E-state index contributed by atoms with van der Waals surface area (Å²) < 4.78 is 38.7. The average Bonchev–Trinajstić information content (AvgIpc) is 2.31. The Balaban J connectivity index is 2.86. The van der Waals surface area contributed by atoms with Crippen molar-refractivity contribution in [1.29, 1.82) is 0 Å². The van der Waals surface area contributed by atoms with Gasteiger partial charge in [-0.05, 0) is 41.6 Å². The lowest BCUT2D eigenvalue weighted by molar-refractivity contribution is -0.141. The van der Waals surface area contributed by atoms with Gasteiger partial charge in [0.05, 0.1) is 0 Å². The third-order valence-electron chi connectivity index (χ3n) is 2.45. The van der Waals surface area contributed by atoms with Gasteiger partial charge in [0.2, 0.25) is 0 Å². The highest BCUT2D eigenvalue weighted by Crippen LogP contribution is 2.30. The largest absolute Gasteiger partial charge is 0.434 e. The molecule has 2 rings (SSSR count). The minimum Gasteiger partial charge on any atom is -0.295 e. The fraction of sp³-hybridized carbons (Fsp3) is 0.182. The van der Waals surface area contributed by atoms with Crippen molar-refractivity contribution in [1.82, 2.24) is 9.38 Å². The summed E-state index contributed by atoms with van der Waals surface area (Å²) in [6.45, 7) is 1.28. The Labute approximate surface area is 118 Å². The number of fused-ring (bicyclic) bond motifs is 1. The lowest BCUT2D eigenvalue weighted by Gasteiger charge is -2.10. The quantitative estimate of drug-likeness (QED) is 0.563. The Bertz CT molecular complexity index is 737. The number of carbonyl (C=O) groups is 1. The van der Waals surface area contributed by atoms with Crippen LogP contribution in [0.15, 0.2) is 23.1 Å². The summed E-state index contributed by atoms with van der Waals surface area (Å²) >= 11 is 1.32. The standard InChI is InChI=1S/C11H6F3IN2O2/c1-5(18)6-2-3-17-7(4-6)16-9(11(12,13)14)8(15)10(17)19/h2-4H,1H3. The van der Waals surface area contributed by atoms with E-state index in [1.54, 1.807) is 0 Å². The lowest BCUT2D eigenvalue weighted by atomic mass is 10.2. The van der Waals surface area contributed by atoms with Crippen molar-refractivity contribution in [2.45, 2.75) is 13.1 Å². The molecular formula is C11H6F3IN2O2. The van der Waals surface area contributed by atoms with Crippen molar-refractivity contribution in [3.05, 3.63) is 43.5 Å². The molecular weight excluding hydrogens is 376 g/mol. The minimum atomic E-state index is -4.71. The van der Waals surface area contributed by atoms with E-state index >= 15 is 0 Å². The number of pyridine rings is 1. The van der Waals surface area contributed by atoms with Crippen molar-refractivity contribution in [2.75, 3.05) is 0 Å². The number of hydrogen-bond donors (Lipinski definition) is 0. The second kappa shape index (κ2) is 4.58. The Morgan fingerprint density at radius 3 is 2.58 bits per heavy atom. The Kier molecular flexibility index (Phi) is 3.37. The van der Waals surface area contributed by atoms with Crippen LogP contribution >= 0.6 is 22.6 Å². The molecule has 0 spiro atoms. The number of nitrogens with zero attached hydrogens (tertiary/aromatic N) is 2. The summed E-state index contributed by atoms with van der Waals surface area (Å²) in [7, 11) is 0. The van der Waals surface area contributed by atoms with Crippen LogP contribution in [0.1, 0.15) is 23.0 Å². The highest BCUT2D eigenvalue weighted by atomic mass is 127. The van der Waals surface area contributed by atoms with Gasteiger partial charge >= 0.3 is 6.18 Å². The Morgan fingerprint density at radius 2 is 2.05 bits per heavy atom. The summed E-state index contributed by atoms with van der Waals surface area (Å²) in [6.07, 6.45) is -3.47. The number of aromatic nitrogens is 2. The summed E-state index contributed by atoms with van der Waals surface area (Å²) in [6, 6.07) is 2.52. The van der Waals surface area contributed by atoms with Crippen LogP contribution in [-0.4, -0.2) is 15.2 Å². The SMILES string of the molecule is CC(=O)c1ccn2c(=O)c(I)c(C(F)(F)F)nc2c1. The normalized spacial score (nSPS) is 11.8. The molecule has 0 saturated heterocycles. The van der Waals surface area contributed by atoms with Gasteiger partial charge in [0.15, 0.2) is 11.5 Å². The first kappa shape index (κ1) is 14.0. The van der Waals surface area contributed by atoms with Crippen LogP contribution in [-0.2, 0) is 6.18 Å². The number of ketones is 1. The molecule has 100 valence electrons. The van der Waals surface area contributed by atoms with E-state index < -0.39 is 21.0 Å². The van der Waals surface area contributed by atoms with E-state index in [1.165, 1.54) is 41.8 Å². The van der Waals surface area contributed by atoms with Crippen molar-refractivity contribution < 1.29 is 18.0 Å². The Hall–Kier alpha value is -1.45. The summed E-state index contributed by atoms with van der Waals surface area (Å²) in [5, 5.41) is 0. The molecule has 0 bridgehead atoms. The number of Topliss-reactive ketones (excluding diaryl/α,β-unsaturated/α-hetero) is 1. The molecule has 2 heterocycles. The van der Waals surface area contributed by atoms with Crippen molar-refractivity contribution in [2.24, 2.45) is 0 Å². The number of alkyl halides is 3. The van der Waals surface area contributed by atoms with Gasteiger partial charge in [-0.15, -0.1) is 0 Å². The average molecular weight is 382 g/mol. The molecule has 0 amide bonds. The van der Waals surface area contributed by atoms with Crippen LogP contribution in [0, 0.1) is 3.57 Å². The van der Waals surface area contributed by atoms with Gasteiger partial charge in [-0.2, -0.15) is 13.2 Å². The van der Waals surface area contributed by atoms with E-state index in [1.807, 2.05) is 0 Å². The van der Waals surface area contributed by atoms with Gasteiger partial charge in [0.1, 0.15) is 9.22 Å². The number of rotatable bonds is 1. The van der Waals surface area contributed by atoms with E-state index in [4.69, 9.17) is 0 Å². The molecule has 0 aliphatic rings. The molecule has 8 heteroatoms. The zero-order valence-electron chi connectivity index (χ0n) is 9.45. The topological polar surface area (TPSA) is 51.4 Å². The molecule has 0 saturated carbocycles. The third-order valence-corrected chi connectivity index (χ3v) is 3.42. The van der Waals surface area contributed by atoms with Crippen LogP contribution in [0.25, 0.3) is 5.65 Å². The fourth-order valence-corrected chi connectivity index (χ4v) is 2.21. The maximum absolute atomic E-state index is 12.7. The zero-order chi connectivity index (χ0) is 14.4. The maximum Gasteiger partial charge on any atom is 0.434 e. The van der Waals surface area contributed by atoms with Crippen LogP contribution in [0.5, 0.6) is 0 Å². The highest BCUT2D eigenvalue weighted by molar-refractivity contribution is 14.1. The van der Waals surface area contributed by atoms with Crippen molar-refractivity contribution in [3.8, 4) is 0 Å². The van der Waals surface area contributed by atoms with E-state index in [-0.39, 0.29) is 17.0 Å². The first-order chi connectivity index (χ1) is 8.71.